The molecule has 0 bridgehead atoms. The second-order valence-electron chi connectivity index (χ2n) is 4.69. The lowest BCUT2D eigenvalue weighted by Crippen LogP contribution is -2.40. The average Bonchev–Trinajstić information content (AvgIpc) is 2.44. The smallest absolute Gasteiger partial charge is 0.239 e. The van der Waals surface area contributed by atoms with Gasteiger partial charge in [0.15, 0.2) is 0 Å². The zero-order chi connectivity index (χ0) is 14.4. The molecule has 0 unspecified atom stereocenters. The van der Waals surface area contributed by atoms with Gasteiger partial charge in [-0.2, -0.15) is 0 Å². The molecule has 0 atom stereocenters. The zero-order valence-electron chi connectivity index (χ0n) is 11.7. The van der Waals surface area contributed by atoms with Gasteiger partial charge in [-0.15, -0.1) is 11.8 Å². The van der Waals surface area contributed by atoms with E-state index < -0.39 is 0 Å². The number of hydrogen-bond donors (Lipinski definition) is 2. The molecule has 5 nitrogen and oxygen atoms in total. The molecule has 0 aromatic heterocycles. The number of amides is 1. The van der Waals surface area contributed by atoms with Gasteiger partial charge in [-0.1, -0.05) is 0 Å². The Bertz CT molecular complexity index is 468. The van der Waals surface area contributed by atoms with Gasteiger partial charge in [0.1, 0.15) is 0 Å². The van der Waals surface area contributed by atoms with Crippen molar-refractivity contribution < 1.29 is 9.53 Å². The minimum Gasteiger partial charge on any atom is -0.399 e. The number of methoxy groups -OCH3 is 1. The summed E-state index contributed by atoms with van der Waals surface area (Å²) in [4.78, 5) is 15.2. The second kappa shape index (κ2) is 7.40. The molecule has 20 heavy (non-hydrogen) atoms. The van der Waals surface area contributed by atoms with E-state index in [2.05, 4.69) is 10.2 Å². The Morgan fingerprint density at radius 2 is 2.40 bits per heavy atom. The van der Waals surface area contributed by atoms with Crippen molar-refractivity contribution in [1.82, 2.24) is 5.32 Å². The van der Waals surface area contributed by atoms with Gasteiger partial charge in [-0.05, 0) is 24.6 Å². The standard InChI is InChI=1S/C14H21N3O2S/c1-19-7-2-5-16-14(18)10-17-6-8-20-13-4-3-11(15)9-12(13)17/h3-4,9H,2,5-8,10,15H2,1H3,(H,16,18). The van der Waals surface area contributed by atoms with Gasteiger partial charge < -0.3 is 20.7 Å². The molecule has 110 valence electrons. The van der Waals surface area contributed by atoms with Crippen LogP contribution in [0.3, 0.4) is 0 Å². The molecular formula is C14H21N3O2S. The molecule has 0 spiro atoms. The van der Waals surface area contributed by atoms with Crippen molar-refractivity contribution in [3.05, 3.63) is 18.2 Å². The van der Waals surface area contributed by atoms with Crippen LogP contribution in [0, 0.1) is 0 Å². The summed E-state index contributed by atoms with van der Waals surface area (Å²) in [7, 11) is 1.66. The lowest BCUT2D eigenvalue weighted by Gasteiger charge is -2.30. The van der Waals surface area contributed by atoms with E-state index in [0.717, 1.165) is 30.1 Å². The summed E-state index contributed by atoms with van der Waals surface area (Å²) in [5, 5.41) is 2.91. The summed E-state index contributed by atoms with van der Waals surface area (Å²) in [6, 6.07) is 5.87. The van der Waals surface area contributed by atoms with E-state index in [9.17, 15) is 4.79 Å². The molecule has 1 aromatic rings. The topological polar surface area (TPSA) is 67.6 Å². The second-order valence-corrected chi connectivity index (χ2v) is 5.83. The monoisotopic (exact) mass is 295 g/mol. The number of hydrogen-bond acceptors (Lipinski definition) is 5. The number of nitrogens with zero attached hydrogens (tertiary/aromatic N) is 1. The molecule has 0 aliphatic carbocycles. The lowest BCUT2D eigenvalue weighted by molar-refractivity contribution is -0.119. The van der Waals surface area contributed by atoms with Gasteiger partial charge in [0.2, 0.25) is 5.91 Å². The fourth-order valence-electron chi connectivity index (χ4n) is 2.13. The van der Waals surface area contributed by atoms with E-state index in [1.807, 2.05) is 30.0 Å². The number of rotatable bonds is 6. The first-order chi connectivity index (χ1) is 9.70. The first kappa shape index (κ1) is 15.0. The van der Waals surface area contributed by atoms with E-state index in [-0.39, 0.29) is 5.91 Å². The number of fused-ring (bicyclic) bond motifs is 1. The summed E-state index contributed by atoms with van der Waals surface area (Å²) >= 11 is 1.81. The third kappa shape index (κ3) is 4.05. The molecule has 1 aromatic carbocycles. The highest BCUT2D eigenvalue weighted by Crippen LogP contribution is 2.35. The van der Waals surface area contributed by atoms with Crippen LogP contribution in [-0.2, 0) is 9.53 Å². The van der Waals surface area contributed by atoms with Gasteiger partial charge in [0, 0.05) is 43.1 Å². The van der Waals surface area contributed by atoms with Crippen LogP contribution >= 0.6 is 11.8 Å². The number of thioether (sulfide) groups is 1. The maximum Gasteiger partial charge on any atom is 0.239 e. The Kier molecular flexibility index (Phi) is 5.55. The average molecular weight is 295 g/mol. The van der Waals surface area contributed by atoms with Crippen LogP contribution in [0.1, 0.15) is 6.42 Å². The van der Waals surface area contributed by atoms with E-state index in [1.54, 1.807) is 7.11 Å². The zero-order valence-corrected chi connectivity index (χ0v) is 12.5. The molecule has 0 fully saturated rings. The molecule has 3 N–H and O–H groups in total. The van der Waals surface area contributed by atoms with Gasteiger partial charge in [0.25, 0.3) is 0 Å². The molecule has 1 heterocycles. The largest absolute Gasteiger partial charge is 0.399 e. The van der Waals surface area contributed by atoms with Crippen molar-refractivity contribution in [2.45, 2.75) is 11.3 Å². The highest BCUT2D eigenvalue weighted by atomic mass is 32.2. The Morgan fingerprint density at radius 1 is 1.55 bits per heavy atom. The van der Waals surface area contributed by atoms with Crippen LogP contribution in [0.2, 0.25) is 0 Å². The normalized spacial score (nSPS) is 13.9. The Hall–Kier alpha value is -1.40. The molecule has 1 aliphatic heterocycles. The summed E-state index contributed by atoms with van der Waals surface area (Å²) in [6.45, 7) is 2.57. The van der Waals surface area contributed by atoms with E-state index >= 15 is 0 Å². The molecular weight excluding hydrogens is 274 g/mol. The highest BCUT2D eigenvalue weighted by Gasteiger charge is 2.19. The van der Waals surface area contributed by atoms with Crippen LogP contribution < -0.4 is 16.0 Å². The van der Waals surface area contributed by atoms with Crippen molar-refractivity contribution in [2.24, 2.45) is 0 Å². The third-order valence-electron chi connectivity index (χ3n) is 3.12. The highest BCUT2D eigenvalue weighted by molar-refractivity contribution is 7.99. The molecule has 0 saturated carbocycles. The maximum absolute atomic E-state index is 11.9. The lowest BCUT2D eigenvalue weighted by atomic mass is 10.2. The van der Waals surface area contributed by atoms with Crippen molar-refractivity contribution in [3.63, 3.8) is 0 Å². The maximum atomic E-state index is 11.9. The van der Waals surface area contributed by atoms with Crippen LogP contribution in [0.15, 0.2) is 23.1 Å². The van der Waals surface area contributed by atoms with Gasteiger partial charge >= 0.3 is 0 Å². The van der Waals surface area contributed by atoms with E-state index in [1.165, 1.54) is 4.90 Å². The number of nitrogens with two attached hydrogens (primary N) is 1. The molecule has 6 heteroatoms. The molecule has 2 rings (SSSR count). The van der Waals surface area contributed by atoms with Crippen molar-refractivity contribution in [3.8, 4) is 0 Å². The SMILES string of the molecule is COCCCNC(=O)CN1CCSc2ccc(N)cc21. The van der Waals surface area contributed by atoms with Gasteiger partial charge in [-0.3, -0.25) is 4.79 Å². The van der Waals surface area contributed by atoms with Crippen molar-refractivity contribution in [1.29, 1.82) is 0 Å². The minimum atomic E-state index is 0.0429. The predicted molar refractivity (Wildman–Crippen MR) is 83.3 cm³/mol. The van der Waals surface area contributed by atoms with Crippen LogP contribution in [-0.4, -0.2) is 45.0 Å². The predicted octanol–water partition coefficient (Wildman–Crippen LogP) is 1.33. The molecule has 1 aliphatic rings. The Morgan fingerprint density at radius 3 is 3.20 bits per heavy atom. The van der Waals surface area contributed by atoms with Crippen LogP contribution in [0.4, 0.5) is 11.4 Å². The number of anilines is 2. The fourth-order valence-corrected chi connectivity index (χ4v) is 3.16. The number of ether oxygens (including phenoxy) is 1. The molecule has 0 saturated heterocycles. The van der Waals surface area contributed by atoms with Crippen LogP contribution in [0.5, 0.6) is 0 Å². The first-order valence-corrected chi connectivity index (χ1v) is 7.72. The number of nitrogen functional groups attached to an aromatic ring is 1. The van der Waals surface area contributed by atoms with Crippen LogP contribution in [0.25, 0.3) is 0 Å². The number of benzene rings is 1. The van der Waals surface area contributed by atoms with E-state index in [4.69, 9.17) is 10.5 Å². The minimum absolute atomic E-state index is 0.0429. The fraction of sp³-hybridized carbons (Fsp3) is 0.500. The molecule has 1 amide bonds. The number of nitrogens with one attached hydrogen (secondary N) is 1. The Balaban J connectivity index is 1.91. The summed E-state index contributed by atoms with van der Waals surface area (Å²) in [5.74, 6) is 1.04. The third-order valence-corrected chi connectivity index (χ3v) is 4.17. The van der Waals surface area contributed by atoms with Crippen molar-refractivity contribution >= 4 is 29.0 Å². The summed E-state index contributed by atoms with van der Waals surface area (Å²) < 4.78 is 4.95. The van der Waals surface area contributed by atoms with Crippen molar-refractivity contribution in [2.75, 3.05) is 49.7 Å². The van der Waals surface area contributed by atoms with Gasteiger partial charge in [-0.25, -0.2) is 0 Å². The van der Waals surface area contributed by atoms with Gasteiger partial charge in [0.05, 0.1) is 12.2 Å². The number of carbonyl (C=O) groups excluding carboxylic acids is 1. The summed E-state index contributed by atoms with van der Waals surface area (Å²) in [6.07, 6.45) is 0.835. The number of carbonyl (C=O) groups is 1. The molecule has 0 radical (unpaired) electrons. The van der Waals surface area contributed by atoms with E-state index in [0.29, 0.717) is 19.7 Å². The first-order valence-electron chi connectivity index (χ1n) is 6.73. The Labute approximate surface area is 123 Å². The quantitative estimate of drug-likeness (QED) is 0.612. The summed E-state index contributed by atoms with van der Waals surface area (Å²) in [5.41, 5.74) is 7.63.